The first-order chi connectivity index (χ1) is 27.8. The van der Waals surface area contributed by atoms with Crippen molar-refractivity contribution in [1.29, 1.82) is 0 Å². The SMILES string of the molecule is c1ccc(-c2nc(-c3cccc4c3cc(-c3ccccc3)c3c(-c5ccccc5)nn(-c5ccccc5)c34)nc(-c3cccc4oc5ccccc5c34)n2)cc1. The molecule has 0 radical (unpaired) electrons. The lowest BCUT2D eigenvalue weighted by atomic mass is 9.92. The van der Waals surface area contributed by atoms with Crippen LogP contribution in [-0.4, -0.2) is 24.7 Å². The van der Waals surface area contributed by atoms with Gasteiger partial charge in [-0.2, -0.15) is 5.10 Å². The van der Waals surface area contributed by atoms with Crippen LogP contribution in [0.4, 0.5) is 0 Å². The van der Waals surface area contributed by atoms with Crippen molar-refractivity contribution in [2.75, 3.05) is 0 Å². The Bertz CT molecular complexity index is 3230. The van der Waals surface area contributed by atoms with Crippen molar-refractivity contribution in [3.8, 4) is 62.2 Å². The molecular formula is C50H31N5O. The molecule has 0 saturated heterocycles. The molecule has 0 aliphatic rings. The van der Waals surface area contributed by atoms with Crippen molar-refractivity contribution in [2.45, 2.75) is 0 Å². The Morgan fingerprint density at radius 3 is 1.68 bits per heavy atom. The average Bonchev–Trinajstić information content (AvgIpc) is 3.87. The Kier molecular flexibility index (Phi) is 7.38. The predicted molar refractivity (Wildman–Crippen MR) is 226 cm³/mol. The van der Waals surface area contributed by atoms with E-state index in [0.29, 0.717) is 17.5 Å². The van der Waals surface area contributed by atoms with Gasteiger partial charge in [-0.1, -0.05) is 158 Å². The van der Waals surface area contributed by atoms with Gasteiger partial charge in [-0.15, -0.1) is 0 Å². The monoisotopic (exact) mass is 717 g/mol. The summed E-state index contributed by atoms with van der Waals surface area (Å²) in [6.07, 6.45) is 0. The van der Waals surface area contributed by atoms with E-state index in [0.717, 1.165) is 88.4 Å². The van der Waals surface area contributed by atoms with E-state index in [1.807, 2.05) is 72.8 Å². The van der Waals surface area contributed by atoms with Crippen LogP contribution in [0.5, 0.6) is 0 Å². The highest BCUT2D eigenvalue weighted by atomic mass is 16.3. The number of para-hydroxylation sites is 2. The first-order valence-electron chi connectivity index (χ1n) is 18.7. The summed E-state index contributed by atoms with van der Waals surface area (Å²) in [7, 11) is 0. The fourth-order valence-corrected chi connectivity index (χ4v) is 7.95. The summed E-state index contributed by atoms with van der Waals surface area (Å²) >= 11 is 0. The van der Waals surface area contributed by atoms with Crippen LogP contribution >= 0.6 is 0 Å². The molecule has 0 N–H and O–H groups in total. The Balaban J connectivity index is 1.25. The maximum Gasteiger partial charge on any atom is 0.164 e. The normalized spacial score (nSPS) is 11.6. The number of aromatic nitrogens is 5. The summed E-state index contributed by atoms with van der Waals surface area (Å²) in [5.74, 6) is 1.75. The van der Waals surface area contributed by atoms with E-state index >= 15 is 0 Å². The van der Waals surface area contributed by atoms with Crippen molar-refractivity contribution in [3.63, 3.8) is 0 Å². The molecule has 3 heterocycles. The molecule has 11 rings (SSSR count). The van der Waals surface area contributed by atoms with Crippen LogP contribution in [0.3, 0.4) is 0 Å². The van der Waals surface area contributed by atoms with Crippen molar-refractivity contribution >= 4 is 43.6 Å². The van der Waals surface area contributed by atoms with E-state index in [9.17, 15) is 0 Å². The zero-order chi connectivity index (χ0) is 37.0. The highest BCUT2D eigenvalue weighted by molar-refractivity contribution is 6.19. The molecule has 0 spiro atoms. The summed E-state index contributed by atoms with van der Waals surface area (Å²) < 4.78 is 8.39. The first-order valence-corrected chi connectivity index (χ1v) is 18.7. The molecule has 6 heteroatoms. The Hall–Kier alpha value is -7.70. The number of fused-ring (bicyclic) bond motifs is 6. The van der Waals surface area contributed by atoms with Crippen molar-refractivity contribution in [2.24, 2.45) is 0 Å². The van der Waals surface area contributed by atoms with Gasteiger partial charge in [0.25, 0.3) is 0 Å². The van der Waals surface area contributed by atoms with E-state index in [-0.39, 0.29) is 0 Å². The highest BCUT2D eigenvalue weighted by Gasteiger charge is 2.24. The number of nitrogens with zero attached hydrogens (tertiary/aromatic N) is 5. The maximum atomic E-state index is 6.30. The van der Waals surface area contributed by atoms with Crippen LogP contribution in [0, 0.1) is 0 Å². The molecule has 11 aromatic rings. The summed E-state index contributed by atoms with van der Waals surface area (Å²) in [6, 6.07) is 64.4. The molecule has 0 bridgehead atoms. The van der Waals surface area contributed by atoms with Crippen LogP contribution in [0.1, 0.15) is 0 Å². The first kappa shape index (κ1) is 31.8. The maximum absolute atomic E-state index is 6.30. The number of rotatable bonds is 6. The Labute approximate surface area is 322 Å². The van der Waals surface area contributed by atoms with Crippen molar-refractivity contribution in [3.05, 3.63) is 188 Å². The molecule has 56 heavy (non-hydrogen) atoms. The van der Waals surface area contributed by atoms with Gasteiger partial charge in [0.15, 0.2) is 17.5 Å². The minimum Gasteiger partial charge on any atom is -0.456 e. The van der Waals surface area contributed by atoms with E-state index in [1.165, 1.54) is 0 Å². The van der Waals surface area contributed by atoms with Crippen LogP contribution in [0.15, 0.2) is 192 Å². The van der Waals surface area contributed by atoms with Crippen LogP contribution in [0.2, 0.25) is 0 Å². The summed E-state index contributed by atoms with van der Waals surface area (Å²) in [6.45, 7) is 0. The Morgan fingerprint density at radius 2 is 0.929 bits per heavy atom. The number of furan rings is 1. The predicted octanol–water partition coefficient (Wildman–Crippen LogP) is 12.6. The smallest absolute Gasteiger partial charge is 0.164 e. The standard InChI is InChI=1S/C50H31N5O/c1-5-17-32(18-6-1)40-31-41-36(47-45(40)46(33-19-7-2-8-20-33)54-55(47)35-23-11-4-12-24-35)26-15-27-37(41)49-51-48(34-21-9-3-10-22-34)52-50(53-49)39-28-16-30-43-44(39)38-25-13-14-29-42(38)56-43/h1-31H. The minimum atomic E-state index is 0.577. The van der Waals surface area contributed by atoms with Crippen LogP contribution in [0.25, 0.3) is 106 Å². The van der Waals surface area contributed by atoms with E-state index in [4.69, 9.17) is 24.5 Å². The Morgan fingerprint density at radius 1 is 0.375 bits per heavy atom. The molecule has 0 aliphatic heterocycles. The van der Waals surface area contributed by atoms with Gasteiger partial charge in [-0.3, -0.25) is 0 Å². The van der Waals surface area contributed by atoms with E-state index in [2.05, 4.69) is 120 Å². The summed E-state index contributed by atoms with van der Waals surface area (Å²) in [5, 5.41) is 10.5. The zero-order valence-corrected chi connectivity index (χ0v) is 30.0. The lowest BCUT2D eigenvalue weighted by molar-refractivity contribution is 0.669. The molecule has 0 unspecified atom stereocenters. The largest absolute Gasteiger partial charge is 0.456 e. The molecular weight excluding hydrogens is 687 g/mol. The summed E-state index contributed by atoms with van der Waals surface area (Å²) in [5.41, 5.74) is 10.4. The average molecular weight is 718 g/mol. The van der Waals surface area contributed by atoms with Crippen molar-refractivity contribution < 1.29 is 4.42 Å². The second-order valence-electron chi connectivity index (χ2n) is 13.8. The van der Waals surface area contributed by atoms with Gasteiger partial charge in [0.05, 0.1) is 11.2 Å². The van der Waals surface area contributed by atoms with Gasteiger partial charge < -0.3 is 4.42 Å². The molecule has 0 atom stereocenters. The highest BCUT2D eigenvalue weighted by Crippen LogP contribution is 2.44. The lowest BCUT2D eigenvalue weighted by Gasteiger charge is -2.14. The minimum absolute atomic E-state index is 0.577. The van der Waals surface area contributed by atoms with Gasteiger partial charge in [0.1, 0.15) is 16.9 Å². The van der Waals surface area contributed by atoms with E-state index in [1.54, 1.807) is 0 Å². The molecule has 3 aromatic heterocycles. The molecule has 262 valence electrons. The third-order valence-corrected chi connectivity index (χ3v) is 10.5. The summed E-state index contributed by atoms with van der Waals surface area (Å²) in [4.78, 5) is 15.7. The van der Waals surface area contributed by atoms with Crippen LogP contribution < -0.4 is 0 Å². The van der Waals surface area contributed by atoms with Gasteiger partial charge in [-0.25, -0.2) is 19.6 Å². The van der Waals surface area contributed by atoms with Gasteiger partial charge in [0.2, 0.25) is 0 Å². The lowest BCUT2D eigenvalue weighted by Crippen LogP contribution is -2.01. The fourth-order valence-electron chi connectivity index (χ4n) is 7.95. The van der Waals surface area contributed by atoms with Gasteiger partial charge in [0, 0.05) is 43.8 Å². The zero-order valence-electron chi connectivity index (χ0n) is 30.0. The quantitative estimate of drug-likeness (QED) is 0.171. The molecule has 8 aromatic carbocycles. The van der Waals surface area contributed by atoms with Crippen molar-refractivity contribution in [1.82, 2.24) is 24.7 Å². The number of hydrogen-bond donors (Lipinski definition) is 0. The topological polar surface area (TPSA) is 69.6 Å². The second kappa shape index (κ2) is 13.0. The molecule has 0 saturated carbocycles. The fraction of sp³-hybridized carbons (Fsp3) is 0. The molecule has 6 nitrogen and oxygen atoms in total. The third-order valence-electron chi connectivity index (χ3n) is 10.5. The number of hydrogen-bond acceptors (Lipinski definition) is 5. The van der Waals surface area contributed by atoms with Crippen LogP contribution in [-0.2, 0) is 0 Å². The number of benzene rings is 8. The van der Waals surface area contributed by atoms with Gasteiger partial charge in [-0.05, 0) is 46.8 Å². The molecule has 0 fully saturated rings. The second-order valence-corrected chi connectivity index (χ2v) is 13.8. The third kappa shape index (κ3) is 5.19. The molecule has 0 aliphatic carbocycles. The molecule has 0 amide bonds. The van der Waals surface area contributed by atoms with Gasteiger partial charge >= 0.3 is 0 Å². The van der Waals surface area contributed by atoms with E-state index < -0.39 is 0 Å².